The van der Waals surface area contributed by atoms with E-state index in [1.807, 2.05) is 0 Å². The summed E-state index contributed by atoms with van der Waals surface area (Å²) in [5, 5.41) is 10.0. The van der Waals surface area contributed by atoms with Crippen molar-refractivity contribution in [3.05, 3.63) is 34.7 Å². The number of phenols is 1. The Morgan fingerprint density at radius 3 is 2.79 bits per heavy atom. The minimum absolute atomic E-state index is 0.0221. The number of methoxy groups -OCH3 is 1. The summed E-state index contributed by atoms with van der Waals surface area (Å²) in [6, 6.07) is 5.78. The molecule has 0 bridgehead atoms. The topological polar surface area (TPSA) is 59.7 Å². The van der Waals surface area contributed by atoms with Crippen LogP contribution in [0.25, 0.3) is 11.0 Å². The molecule has 1 aromatic carbocycles. The Morgan fingerprint density at radius 2 is 2.07 bits per heavy atom. The molecule has 2 rings (SSSR count). The zero-order valence-electron chi connectivity index (χ0n) is 7.48. The van der Waals surface area contributed by atoms with Gasteiger partial charge in [-0.15, -0.1) is 0 Å². The molecule has 0 saturated carbocycles. The number of fused-ring (bicyclic) bond motifs is 1. The number of ether oxygens (including phenoxy) is 1. The van der Waals surface area contributed by atoms with Crippen LogP contribution in [0.15, 0.2) is 33.5 Å². The molecule has 0 fully saturated rings. The predicted octanol–water partition coefficient (Wildman–Crippen LogP) is 1.51. The standard InChI is InChI=1S/C10H8O4/c1-13-10-6-2-5-9(12)14-8(6)4-3-7(10)11/h2-5,11H,1H3. The quantitative estimate of drug-likeness (QED) is 0.695. The van der Waals surface area contributed by atoms with E-state index < -0.39 is 5.63 Å². The molecule has 0 saturated heterocycles. The average molecular weight is 192 g/mol. The van der Waals surface area contributed by atoms with E-state index >= 15 is 0 Å². The van der Waals surface area contributed by atoms with Crippen molar-refractivity contribution in [2.45, 2.75) is 0 Å². The highest BCUT2D eigenvalue weighted by molar-refractivity contribution is 5.86. The lowest BCUT2D eigenvalue weighted by molar-refractivity contribution is 0.377. The first-order valence-electron chi connectivity index (χ1n) is 4.02. The van der Waals surface area contributed by atoms with E-state index in [0.717, 1.165) is 0 Å². The Morgan fingerprint density at radius 1 is 1.29 bits per heavy atom. The Bertz CT molecular complexity index is 527. The van der Waals surface area contributed by atoms with Gasteiger partial charge in [0.2, 0.25) is 0 Å². The van der Waals surface area contributed by atoms with Crippen LogP contribution in [0.3, 0.4) is 0 Å². The molecule has 4 heteroatoms. The SMILES string of the molecule is COc1c(O)ccc2oc(=O)ccc12. The van der Waals surface area contributed by atoms with Crippen LogP contribution in [0.5, 0.6) is 11.5 Å². The second kappa shape index (κ2) is 3.06. The zero-order valence-corrected chi connectivity index (χ0v) is 7.48. The lowest BCUT2D eigenvalue weighted by Crippen LogP contribution is -1.95. The van der Waals surface area contributed by atoms with Crippen molar-refractivity contribution in [1.29, 1.82) is 0 Å². The van der Waals surface area contributed by atoms with Gasteiger partial charge in [0.05, 0.1) is 12.5 Å². The van der Waals surface area contributed by atoms with Crippen LogP contribution in [0, 0.1) is 0 Å². The summed E-state index contributed by atoms with van der Waals surface area (Å²) in [4.78, 5) is 10.9. The van der Waals surface area contributed by atoms with Gasteiger partial charge < -0.3 is 14.3 Å². The van der Waals surface area contributed by atoms with E-state index in [1.165, 1.54) is 25.3 Å². The van der Waals surface area contributed by atoms with Crippen molar-refractivity contribution in [2.75, 3.05) is 7.11 Å². The fraction of sp³-hybridized carbons (Fsp3) is 0.100. The Labute approximate surface area is 79.4 Å². The van der Waals surface area contributed by atoms with Crippen molar-refractivity contribution < 1.29 is 14.3 Å². The van der Waals surface area contributed by atoms with Gasteiger partial charge in [-0.2, -0.15) is 0 Å². The predicted molar refractivity (Wildman–Crippen MR) is 50.7 cm³/mol. The maximum Gasteiger partial charge on any atom is 0.336 e. The normalized spacial score (nSPS) is 10.4. The molecule has 1 N–H and O–H groups in total. The number of hydrogen-bond donors (Lipinski definition) is 1. The number of aromatic hydroxyl groups is 1. The summed E-state index contributed by atoms with van der Waals surface area (Å²) in [7, 11) is 1.44. The third-order valence-corrected chi connectivity index (χ3v) is 1.94. The average Bonchev–Trinajstić information content (AvgIpc) is 2.18. The van der Waals surface area contributed by atoms with Crippen molar-refractivity contribution in [2.24, 2.45) is 0 Å². The molecule has 0 atom stereocenters. The van der Waals surface area contributed by atoms with Crippen LogP contribution in [0.4, 0.5) is 0 Å². The highest BCUT2D eigenvalue weighted by Crippen LogP contribution is 2.33. The molecule has 0 radical (unpaired) electrons. The molecular formula is C10H8O4. The maximum atomic E-state index is 10.9. The highest BCUT2D eigenvalue weighted by atomic mass is 16.5. The summed E-state index contributed by atoms with van der Waals surface area (Å²) in [5.41, 5.74) is -0.0302. The minimum Gasteiger partial charge on any atom is -0.504 e. The van der Waals surface area contributed by atoms with Crippen molar-refractivity contribution >= 4 is 11.0 Å². The third kappa shape index (κ3) is 1.21. The molecule has 0 amide bonds. The monoisotopic (exact) mass is 192 g/mol. The lowest BCUT2D eigenvalue weighted by atomic mass is 10.2. The first-order valence-corrected chi connectivity index (χ1v) is 4.02. The molecule has 0 aliphatic heterocycles. The molecule has 0 aliphatic carbocycles. The molecule has 72 valence electrons. The molecule has 0 aliphatic rings. The summed E-state index contributed by atoms with van der Waals surface area (Å²) < 4.78 is 9.90. The summed E-state index contributed by atoms with van der Waals surface area (Å²) in [6.45, 7) is 0. The molecule has 0 unspecified atom stereocenters. The summed E-state index contributed by atoms with van der Waals surface area (Å²) >= 11 is 0. The molecule has 14 heavy (non-hydrogen) atoms. The lowest BCUT2D eigenvalue weighted by Gasteiger charge is -2.05. The van der Waals surface area contributed by atoms with E-state index in [1.54, 1.807) is 6.07 Å². The van der Waals surface area contributed by atoms with Gasteiger partial charge in [0.25, 0.3) is 0 Å². The van der Waals surface area contributed by atoms with Gasteiger partial charge in [0, 0.05) is 6.07 Å². The van der Waals surface area contributed by atoms with Crippen LogP contribution in [-0.4, -0.2) is 12.2 Å². The van der Waals surface area contributed by atoms with Gasteiger partial charge in [-0.05, 0) is 18.2 Å². The number of benzene rings is 1. The van der Waals surface area contributed by atoms with Crippen LogP contribution in [0.2, 0.25) is 0 Å². The molecule has 2 aromatic rings. The van der Waals surface area contributed by atoms with Gasteiger partial charge in [-0.1, -0.05) is 0 Å². The fourth-order valence-electron chi connectivity index (χ4n) is 1.33. The molecular weight excluding hydrogens is 184 g/mol. The first-order chi connectivity index (χ1) is 6.72. The third-order valence-electron chi connectivity index (χ3n) is 1.94. The second-order valence-electron chi connectivity index (χ2n) is 2.78. The van der Waals surface area contributed by atoms with E-state index in [-0.39, 0.29) is 5.75 Å². The van der Waals surface area contributed by atoms with Crippen LogP contribution >= 0.6 is 0 Å². The van der Waals surface area contributed by atoms with E-state index in [9.17, 15) is 9.90 Å². The van der Waals surface area contributed by atoms with Gasteiger partial charge in [0.15, 0.2) is 11.5 Å². The summed E-state index contributed by atoms with van der Waals surface area (Å²) in [6.07, 6.45) is 0. The van der Waals surface area contributed by atoms with Crippen LogP contribution in [0.1, 0.15) is 0 Å². The molecule has 1 heterocycles. The Hall–Kier alpha value is -1.97. The Kier molecular flexibility index (Phi) is 1.89. The molecule has 1 aromatic heterocycles. The van der Waals surface area contributed by atoms with Gasteiger partial charge in [-0.3, -0.25) is 0 Å². The number of phenolic OH excluding ortho intramolecular Hbond substituents is 1. The number of hydrogen-bond acceptors (Lipinski definition) is 4. The maximum absolute atomic E-state index is 10.9. The van der Waals surface area contributed by atoms with Gasteiger partial charge in [0.1, 0.15) is 5.58 Å². The minimum atomic E-state index is -0.426. The summed E-state index contributed by atoms with van der Waals surface area (Å²) in [5.74, 6) is 0.333. The van der Waals surface area contributed by atoms with E-state index in [2.05, 4.69) is 0 Å². The van der Waals surface area contributed by atoms with E-state index in [0.29, 0.717) is 16.7 Å². The van der Waals surface area contributed by atoms with Crippen molar-refractivity contribution in [3.63, 3.8) is 0 Å². The Balaban J connectivity index is 2.88. The second-order valence-corrected chi connectivity index (χ2v) is 2.78. The number of rotatable bonds is 1. The first kappa shape index (κ1) is 8.62. The van der Waals surface area contributed by atoms with Crippen molar-refractivity contribution in [1.82, 2.24) is 0 Å². The van der Waals surface area contributed by atoms with Crippen LogP contribution < -0.4 is 10.4 Å². The smallest absolute Gasteiger partial charge is 0.336 e. The molecule has 4 nitrogen and oxygen atoms in total. The van der Waals surface area contributed by atoms with Gasteiger partial charge >= 0.3 is 5.63 Å². The van der Waals surface area contributed by atoms with Crippen molar-refractivity contribution in [3.8, 4) is 11.5 Å². The van der Waals surface area contributed by atoms with E-state index in [4.69, 9.17) is 9.15 Å². The fourth-order valence-corrected chi connectivity index (χ4v) is 1.33. The van der Waals surface area contributed by atoms with Crippen LogP contribution in [-0.2, 0) is 0 Å². The van der Waals surface area contributed by atoms with Gasteiger partial charge in [-0.25, -0.2) is 4.79 Å². The molecule has 0 spiro atoms. The highest BCUT2D eigenvalue weighted by Gasteiger charge is 2.08. The zero-order chi connectivity index (χ0) is 10.1. The largest absolute Gasteiger partial charge is 0.504 e.